The van der Waals surface area contributed by atoms with Crippen molar-refractivity contribution in [2.24, 2.45) is 5.18 Å². The van der Waals surface area contributed by atoms with Gasteiger partial charge in [0.2, 0.25) is 0 Å². The first-order chi connectivity index (χ1) is 6.63. The van der Waals surface area contributed by atoms with E-state index in [1.54, 1.807) is 12.1 Å². The summed E-state index contributed by atoms with van der Waals surface area (Å²) in [7, 11) is 0. The van der Waals surface area contributed by atoms with Crippen molar-refractivity contribution < 1.29 is 4.74 Å². The van der Waals surface area contributed by atoms with Gasteiger partial charge in [-0.25, -0.2) is 0 Å². The Morgan fingerprint density at radius 3 is 2.64 bits per heavy atom. The first kappa shape index (κ1) is 9.19. The van der Waals surface area contributed by atoms with Crippen LogP contribution >= 0.6 is 0 Å². The van der Waals surface area contributed by atoms with Crippen molar-refractivity contribution in [3.63, 3.8) is 0 Å². The normalized spacial score (nSPS) is 17.6. The van der Waals surface area contributed by atoms with Crippen LogP contribution in [-0.4, -0.2) is 5.60 Å². The molecular formula is C11H13NO2. The highest BCUT2D eigenvalue weighted by molar-refractivity contribution is 5.48. The molecule has 1 fully saturated rings. The number of ether oxygens (including phenoxy) is 1. The molecule has 0 spiro atoms. The molecule has 0 aromatic heterocycles. The predicted octanol–water partition coefficient (Wildman–Crippen LogP) is 3.32. The molecule has 0 radical (unpaired) electrons. The van der Waals surface area contributed by atoms with E-state index < -0.39 is 0 Å². The van der Waals surface area contributed by atoms with Gasteiger partial charge in [-0.15, -0.1) is 4.91 Å². The summed E-state index contributed by atoms with van der Waals surface area (Å²) in [6.45, 7) is 3.95. The van der Waals surface area contributed by atoms with Crippen molar-refractivity contribution in [3.8, 4) is 5.75 Å². The third-order valence-corrected chi connectivity index (χ3v) is 2.58. The van der Waals surface area contributed by atoms with Gasteiger partial charge in [-0.3, -0.25) is 0 Å². The Morgan fingerprint density at radius 2 is 2.14 bits per heavy atom. The van der Waals surface area contributed by atoms with Gasteiger partial charge < -0.3 is 4.74 Å². The molecule has 1 saturated carbocycles. The van der Waals surface area contributed by atoms with Gasteiger partial charge in [-0.2, -0.15) is 0 Å². The maximum atomic E-state index is 10.3. The van der Waals surface area contributed by atoms with Gasteiger partial charge in [0.15, 0.2) is 0 Å². The van der Waals surface area contributed by atoms with Crippen LogP contribution in [0.3, 0.4) is 0 Å². The summed E-state index contributed by atoms with van der Waals surface area (Å²) in [5.41, 5.74) is 1.38. The third kappa shape index (κ3) is 1.76. The van der Waals surface area contributed by atoms with Crippen LogP contribution in [0.4, 0.5) is 5.69 Å². The van der Waals surface area contributed by atoms with E-state index in [4.69, 9.17) is 4.74 Å². The van der Waals surface area contributed by atoms with Gasteiger partial charge >= 0.3 is 0 Å². The fourth-order valence-electron chi connectivity index (χ4n) is 1.36. The summed E-state index contributed by atoms with van der Waals surface area (Å²) in [6, 6.07) is 5.36. The van der Waals surface area contributed by atoms with E-state index in [1.165, 1.54) is 0 Å². The number of hydrogen-bond acceptors (Lipinski definition) is 3. The minimum Gasteiger partial charge on any atom is -0.488 e. The first-order valence-corrected chi connectivity index (χ1v) is 4.76. The number of nitrogens with zero attached hydrogens (tertiary/aromatic N) is 1. The third-order valence-electron chi connectivity index (χ3n) is 2.58. The minimum atomic E-state index is 0.0303. The fourth-order valence-corrected chi connectivity index (χ4v) is 1.36. The summed E-state index contributed by atoms with van der Waals surface area (Å²) in [5.74, 6) is 0.829. The topological polar surface area (TPSA) is 38.7 Å². The van der Waals surface area contributed by atoms with Gasteiger partial charge in [0.05, 0.1) is 0 Å². The van der Waals surface area contributed by atoms with Gasteiger partial charge in [0.1, 0.15) is 17.0 Å². The van der Waals surface area contributed by atoms with Gasteiger partial charge in [-0.1, -0.05) is 0 Å². The lowest BCUT2D eigenvalue weighted by Crippen LogP contribution is -2.11. The maximum Gasteiger partial charge on any atom is 0.120 e. The second-order valence-corrected chi connectivity index (χ2v) is 4.09. The highest BCUT2D eigenvalue weighted by Crippen LogP contribution is 2.40. The molecule has 0 atom stereocenters. The van der Waals surface area contributed by atoms with Crippen LogP contribution in [0.1, 0.15) is 25.3 Å². The Labute approximate surface area is 83.1 Å². The minimum absolute atomic E-state index is 0.0303. The molecule has 0 N–H and O–H groups in total. The average molecular weight is 191 g/mol. The lowest BCUT2D eigenvalue weighted by molar-refractivity contribution is 0.200. The lowest BCUT2D eigenvalue weighted by atomic mass is 10.2. The molecule has 0 aliphatic heterocycles. The molecule has 3 heteroatoms. The van der Waals surface area contributed by atoms with Crippen molar-refractivity contribution >= 4 is 5.69 Å². The smallest absolute Gasteiger partial charge is 0.120 e. The summed E-state index contributed by atoms with van der Waals surface area (Å²) in [4.78, 5) is 10.3. The van der Waals surface area contributed by atoms with Crippen LogP contribution in [-0.2, 0) is 0 Å². The fraction of sp³-hybridized carbons (Fsp3) is 0.455. The summed E-state index contributed by atoms with van der Waals surface area (Å²) in [6.07, 6.45) is 2.22. The van der Waals surface area contributed by atoms with Crippen molar-refractivity contribution in [1.82, 2.24) is 0 Å². The molecule has 1 aliphatic rings. The number of benzene rings is 1. The Balaban J connectivity index is 2.19. The van der Waals surface area contributed by atoms with Crippen LogP contribution in [0.5, 0.6) is 5.75 Å². The molecule has 1 aromatic carbocycles. The van der Waals surface area contributed by atoms with Gasteiger partial charge in [0.25, 0.3) is 0 Å². The highest BCUT2D eigenvalue weighted by atomic mass is 16.5. The van der Waals surface area contributed by atoms with Crippen molar-refractivity contribution in [2.45, 2.75) is 32.3 Å². The molecule has 1 aromatic rings. The number of rotatable bonds is 3. The van der Waals surface area contributed by atoms with E-state index in [1.807, 2.05) is 13.0 Å². The summed E-state index contributed by atoms with van der Waals surface area (Å²) < 4.78 is 5.75. The average Bonchev–Trinajstić information content (AvgIpc) is 2.84. The molecule has 1 aliphatic carbocycles. The van der Waals surface area contributed by atoms with Crippen molar-refractivity contribution in [2.75, 3.05) is 0 Å². The summed E-state index contributed by atoms with van der Waals surface area (Å²) >= 11 is 0. The van der Waals surface area contributed by atoms with Crippen LogP contribution < -0.4 is 4.74 Å². The van der Waals surface area contributed by atoms with Crippen LogP contribution in [0.2, 0.25) is 0 Å². The van der Waals surface area contributed by atoms with E-state index in [0.717, 1.165) is 24.2 Å². The molecule has 0 heterocycles. The number of aryl methyl sites for hydroxylation is 1. The van der Waals surface area contributed by atoms with Crippen LogP contribution in [0, 0.1) is 11.8 Å². The maximum absolute atomic E-state index is 10.3. The molecule has 74 valence electrons. The SMILES string of the molecule is Cc1cc(OC2(C)CC2)ccc1N=O. The molecule has 14 heavy (non-hydrogen) atoms. The van der Waals surface area contributed by atoms with E-state index in [-0.39, 0.29) is 5.60 Å². The molecule has 0 bridgehead atoms. The molecule has 3 nitrogen and oxygen atoms in total. The largest absolute Gasteiger partial charge is 0.488 e. The zero-order valence-electron chi connectivity index (χ0n) is 8.41. The molecule has 0 saturated heterocycles. The van der Waals surface area contributed by atoms with E-state index in [0.29, 0.717) is 5.69 Å². The van der Waals surface area contributed by atoms with Crippen LogP contribution in [0.25, 0.3) is 0 Å². The zero-order chi connectivity index (χ0) is 10.2. The quantitative estimate of drug-likeness (QED) is 0.687. The molecule has 0 unspecified atom stereocenters. The lowest BCUT2D eigenvalue weighted by Gasteiger charge is -2.13. The van der Waals surface area contributed by atoms with E-state index >= 15 is 0 Å². The molecule has 0 amide bonds. The van der Waals surface area contributed by atoms with Crippen molar-refractivity contribution in [3.05, 3.63) is 28.7 Å². The van der Waals surface area contributed by atoms with Crippen LogP contribution in [0.15, 0.2) is 23.4 Å². The Kier molecular flexibility index (Phi) is 2.02. The van der Waals surface area contributed by atoms with E-state index in [2.05, 4.69) is 12.1 Å². The second-order valence-electron chi connectivity index (χ2n) is 4.09. The van der Waals surface area contributed by atoms with Crippen molar-refractivity contribution in [1.29, 1.82) is 0 Å². The number of nitroso groups, excluding NO2 is 1. The Hall–Kier alpha value is -1.38. The second kappa shape index (κ2) is 3.08. The standard InChI is InChI=1S/C11H13NO2/c1-8-7-9(3-4-10(8)12-13)14-11(2)5-6-11/h3-4,7H,5-6H2,1-2H3. The van der Waals surface area contributed by atoms with Gasteiger partial charge in [-0.05, 0) is 55.6 Å². The number of hydrogen-bond donors (Lipinski definition) is 0. The Bertz CT molecular complexity index is 370. The van der Waals surface area contributed by atoms with E-state index in [9.17, 15) is 4.91 Å². The molecular weight excluding hydrogens is 178 g/mol. The van der Waals surface area contributed by atoms with Gasteiger partial charge in [0, 0.05) is 0 Å². The predicted molar refractivity (Wildman–Crippen MR) is 54.9 cm³/mol. The molecule has 2 rings (SSSR count). The first-order valence-electron chi connectivity index (χ1n) is 4.76. The zero-order valence-corrected chi connectivity index (χ0v) is 8.41. The Morgan fingerprint density at radius 1 is 1.43 bits per heavy atom. The highest BCUT2D eigenvalue weighted by Gasteiger charge is 2.40. The monoisotopic (exact) mass is 191 g/mol. The summed E-state index contributed by atoms with van der Waals surface area (Å²) in [5, 5.41) is 2.92.